The number of esters is 1. The minimum atomic E-state index is -0.580. The molecule has 4 heteroatoms. The van der Waals surface area contributed by atoms with Gasteiger partial charge in [0.2, 0.25) is 0 Å². The lowest BCUT2D eigenvalue weighted by Crippen LogP contribution is -2.06. The molecule has 2 rings (SSSR count). The van der Waals surface area contributed by atoms with Crippen molar-refractivity contribution in [3.8, 4) is 11.1 Å². The van der Waals surface area contributed by atoms with Gasteiger partial charge in [0.15, 0.2) is 5.69 Å². The molecule has 0 saturated carbocycles. The molecule has 0 bridgehead atoms. The average molecular weight is 231 g/mol. The molecule has 0 amide bonds. The lowest BCUT2D eigenvalue weighted by Gasteiger charge is -2.07. The fourth-order valence-electron chi connectivity index (χ4n) is 1.56. The second-order valence-electron chi connectivity index (χ2n) is 3.37. The third kappa shape index (κ3) is 2.15. The predicted molar refractivity (Wildman–Crippen MR) is 61.0 cm³/mol. The van der Waals surface area contributed by atoms with Gasteiger partial charge in [0, 0.05) is 17.3 Å². The highest BCUT2D eigenvalue weighted by atomic mass is 19.1. The minimum absolute atomic E-state index is 0.111. The first-order valence-electron chi connectivity index (χ1n) is 5.02. The van der Waals surface area contributed by atoms with Crippen molar-refractivity contribution in [2.75, 3.05) is 7.11 Å². The fourth-order valence-corrected chi connectivity index (χ4v) is 1.56. The Hall–Kier alpha value is -2.23. The van der Waals surface area contributed by atoms with Crippen LogP contribution in [0.25, 0.3) is 11.1 Å². The number of benzene rings is 1. The van der Waals surface area contributed by atoms with Gasteiger partial charge in [-0.2, -0.15) is 0 Å². The quantitative estimate of drug-likeness (QED) is 0.746. The summed E-state index contributed by atoms with van der Waals surface area (Å²) < 4.78 is 18.3. The molecule has 0 aliphatic carbocycles. The first-order chi connectivity index (χ1) is 8.24. The number of rotatable bonds is 2. The molecule has 0 fully saturated rings. The maximum Gasteiger partial charge on any atom is 0.357 e. The van der Waals surface area contributed by atoms with Gasteiger partial charge in [0.1, 0.15) is 5.82 Å². The Bertz CT molecular complexity index is 555. The molecule has 0 spiro atoms. The molecule has 0 aliphatic heterocycles. The second-order valence-corrected chi connectivity index (χ2v) is 3.37. The Morgan fingerprint density at radius 3 is 2.59 bits per heavy atom. The van der Waals surface area contributed by atoms with Crippen molar-refractivity contribution >= 4 is 5.97 Å². The van der Waals surface area contributed by atoms with Crippen LogP contribution in [0.15, 0.2) is 42.6 Å². The van der Waals surface area contributed by atoms with E-state index < -0.39 is 11.8 Å². The first-order valence-corrected chi connectivity index (χ1v) is 5.02. The molecule has 1 aromatic heterocycles. The number of carbonyl (C=O) groups excluding carboxylic acids is 1. The van der Waals surface area contributed by atoms with E-state index >= 15 is 0 Å². The van der Waals surface area contributed by atoms with Crippen LogP contribution < -0.4 is 0 Å². The molecule has 17 heavy (non-hydrogen) atoms. The highest BCUT2D eigenvalue weighted by Gasteiger charge is 2.16. The van der Waals surface area contributed by atoms with Crippen molar-refractivity contribution in [2.24, 2.45) is 0 Å². The van der Waals surface area contributed by atoms with Crippen LogP contribution in [0.1, 0.15) is 10.5 Å². The number of aromatic nitrogens is 1. The third-order valence-electron chi connectivity index (χ3n) is 2.35. The van der Waals surface area contributed by atoms with Crippen molar-refractivity contribution in [3.63, 3.8) is 0 Å². The van der Waals surface area contributed by atoms with E-state index in [0.717, 1.165) is 0 Å². The highest BCUT2D eigenvalue weighted by Crippen LogP contribution is 2.25. The number of ether oxygens (including phenoxy) is 1. The van der Waals surface area contributed by atoms with E-state index in [1.54, 1.807) is 30.3 Å². The predicted octanol–water partition coefficient (Wildman–Crippen LogP) is 2.67. The summed E-state index contributed by atoms with van der Waals surface area (Å²) in [5.74, 6) is -0.977. The smallest absolute Gasteiger partial charge is 0.357 e. The number of halogens is 1. The van der Waals surface area contributed by atoms with Crippen molar-refractivity contribution in [2.45, 2.75) is 0 Å². The molecule has 1 heterocycles. The summed E-state index contributed by atoms with van der Waals surface area (Å²) in [6.45, 7) is 0. The molecule has 0 saturated heterocycles. The van der Waals surface area contributed by atoms with E-state index in [2.05, 4.69) is 9.72 Å². The zero-order valence-corrected chi connectivity index (χ0v) is 9.18. The van der Waals surface area contributed by atoms with Crippen LogP contribution in [0.2, 0.25) is 0 Å². The highest BCUT2D eigenvalue weighted by molar-refractivity contribution is 5.95. The first kappa shape index (κ1) is 11.3. The molecule has 0 radical (unpaired) electrons. The van der Waals surface area contributed by atoms with E-state index in [0.29, 0.717) is 11.1 Å². The summed E-state index contributed by atoms with van der Waals surface area (Å²) in [5.41, 5.74) is 0.874. The van der Waals surface area contributed by atoms with Crippen LogP contribution >= 0.6 is 0 Å². The largest absolute Gasteiger partial charge is 0.464 e. The second kappa shape index (κ2) is 4.74. The molecule has 86 valence electrons. The van der Waals surface area contributed by atoms with Crippen LogP contribution in [0.5, 0.6) is 0 Å². The monoisotopic (exact) mass is 231 g/mol. The van der Waals surface area contributed by atoms with E-state index in [4.69, 9.17) is 0 Å². The van der Waals surface area contributed by atoms with Gasteiger partial charge in [0.05, 0.1) is 7.11 Å². The molecular formula is C13H10FNO2. The standard InChI is InChI=1S/C13H10FNO2/c1-17-13(16)12-10(6-4-8-15-12)9-5-2-3-7-11(9)14/h2-8H,1H3. The number of hydrogen-bond acceptors (Lipinski definition) is 3. The van der Waals surface area contributed by atoms with Gasteiger partial charge in [-0.05, 0) is 12.1 Å². The Balaban J connectivity index is 2.60. The van der Waals surface area contributed by atoms with Crippen LogP contribution in [0, 0.1) is 5.82 Å². The molecule has 0 atom stereocenters. The van der Waals surface area contributed by atoms with E-state index in [1.165, 1.54) is 19.4 Å². The van der Waals surface area contributed by atoms with Crippen molar-refractivity contribution < 1.29 is 13.9 Å². The molecule has 2 aromatic rings. The Kier molecular flexibility index (Phi) is 3.14. The molecule has 0 N–H and O–H groups in total. The molecule has 0 unspecified atom stereocenters. The van der Waals surface area contributed by atoms with Gasteiger partial charge in [0.25, 0.3) is 0 Å². The molecule has 1 aromatic carbocycles. The Morgan fingerprint density at radius 1 is 1.18 bits per heavy atom. The van der Waals surface area contributed by atoms with Gasteiger partial charge >= 0.3 is 5.97 Å². The van der Waals surface area contributed by atoms with E-state index in [-0.39, 0.29) is 5.69 Å². The summed E-state index contributed by atoms with van der Waals surface area (Å²) in [7, 11) is 1.27. The van der Waals surface area contributed by atoms with Gasteiger partial charge in [-0.1, -0.05) is 24.3 Å². The number of carbonyl (C=O) groups is 1. The SMILES string of the molecule is COC(=O)c1ncccc1-c1ccccc1F. The zero-order valence-electron chi connectivity index (χ0n) is 9.18. The fraction of sp³-hybridized carbons (Fsp3) is 0.0769. The van der Waals surface area contributed by atoms with Gasteiger partial charge in [-0.3, -0.25) is 0 Å². The third-order valence-corrected chi connectivity index (χ3v) is 2.35. The summed E-state index contributed by atoms with van der Waals surface area (Å²) in [6, 6.07) is 9.51. The number of nitrogens with zero attached hydrogens (tertiary/aromatic N) is 1. The van der Waals surface area contributed by atoms with Crippen molar-refractivity contribution in [1.29, 1.82) is 0 Å². The average Bonchev–Trinajstić information content (AvgIpc) is 2.38. The Labute approximate surface area is 97.9 Å². The number of methoxy groups -OCH3 is 1. The van der Waals surface area contributed by atoms with Crippen LogP contribution in [-0.4, -0.2) is 18.1 Å². The van der Waals surface area contributed by atoms with E-state index in [1.807, 2.05) is 0 Å². The van der Waals surface area contributed by atoms with Crippen LogP contribution in [0.3, 0.4) is 0 Å². The number of hydrogen-bond donors (Lipinski definition) is 0. The van der Waals surface area contributed by atoms with Gasteiger partial charge < -0.3 is 4.74 Å². The van der Waals surface area contributed by atoms with Crippen LogP contribution in [0.4, 0.5) is 4.39 Å². The summed E-state index contributed by atoms with van der Waals surface area (Å²) in [4.78, 5) is 15.4. The maximum absolute atomic E-state index is 13.6. The van der Waals surface area contributed by atoms with Crippen molar-refractivity contribution in [1.82, 2.24) is 4.98 Å². The van der Waals surface area contributed by atoms with Gasteiger partial charge in [-0.25, -0.2) is 14.2 Å². The van der Waals surface area contributed by atoms with Crippen molar-refractivity contribution in [3.05, 3.63) is 54.1 Å². The molecular weight excluding hydrogens is 221 g/mol. The Morgan fingerprint density at radius 2 is 1.88 bits per heavy atom. The summed E-state index contributed by atoms with van der Waals surface area (Å²) in [5, 5.41) is 0. The summed E-state index contributed by atoms with van der Waals surface area (Å²) >= 11 is 0. The van der Waals surface area contributed by atoms with Crippen LogP contribution in [-0.2, 0) is 4.74 Å². The molecule has 0 aliphatic rings. The lowest BCUT2D eigenvalue weighted by molar-refractivity contribution is 0.0595. The normalized spacial score (nSPS) is 10.0. The zero-order chi connectivity index (χ0) is 12.3. The molecule has 3 nitrogen and oxygen atoms in total. The maximum atomic E-state index is 13.6. The summed E-state index contributed by atoms with van der Waals surface area (Å²) in [6.07, 6.45) is 1.47. The number of pyridine rings is 1. The minimum Gasteiger partial charge on any atom is -0.464 e. The topological polar surface area (TPSA) is 39.2 Å². The lowest BCUT2D eigenvalue weighted by atomic mass is 10.0. The van der Waals surface area contributed by atoms with Gasteiger partial charge in [-0.15, -0.1) is 0 Å². The van der Waals surface area contributed by atoms with E-state index in [9.17, 15) is 9.18 Å².